The Morgan fingerprint density at radius 1 is 1.38 bits per heavy atom. The molecule has 11 heteroatoms. The number of aryl methyl sites for hydroxylation is 1. The number of fused-ring (bicyclic) bond motifs is 1. The lowest BCUT2D eigenvalue weighted by atomic mass is 9.72. The van der Waals surface area contributed by atoms with Gasteiger partial charge in [-0.15, -0.1) is 0 Å². The molecule has 2 aliphatic heterocycles. The lowest BCUT2D eigenvalue weighted by Gasteiger charge is -2.53. The second-order valence-electron chi connectivity index (χ2n) is 7.97. The topological polar surface area (TPSA) is 113 Å². The maximum absolute atomic E-state index is 13.2. The smallest absolute Gasteiger partial charge is 0.276 e. The molecular weight excluding hydrogens is 400 g/mol. The number of hydrogen-bond acceptors (Lipinski definition) is 7. The van der Waals surface area contributed by atoms with Crippen molar-refractivity contribution in [3.63, 3.8) is 0 Å². The zero-order valence-electron chi connectivity index (χ0n) is 17.5. The molecule has 29 heavy (non-hydrogen) atoms. The van der Waals surface area contributed by atoms with Crippen molar-refractivity contribution in [3.05, 3.63) is 17.0 Å². The van der Waals surface area contributed by atoms with Gasteiger partial charge in [0.25, 0.3) is 5.91 Å². The molecule has 0 aromatic carbocycles. The number of ether oxygens (including phenoxy) is 1. The van der Waals surface area contributed by atoms with E-state index in [1.165, 1.54) is 23.4 Å². The Labute approximate surface area is 170 Å². The van der Waals surface area contributed by atoms with E-state index >= 15 is 0 Å². The Morgan fingerprint density at radius 2 is 2.07 bits per heavy atom. The fourth-order valence-corrected chi connectivity index (χ4v) is 6.07. The Bertz CT molecular complexity index is 911. The van der Waals surface area contributed by atoms with Crippen LogP contribution < -0.4 is 0 Å². The lowest BCUT2D eigenvalue weighted by molar-refractivity contribution is -0.147. The Hall–Kier alpha value is -1.98. The van der Waals surface area contributed by atoms with Gasteiger partial charge in [0, 0.05) is 47.4 Å². The molecule has 2 fully saturated rings. The number of aromatic nitrogens is 1. The molecular formula is C18H28N4O6S. The van der Waals surface area contributed by atoms with Gasteiger partial charge in [0.2, 0.25) is 15.9 Å². The van der Waals surface area contributed by atoms with E-state index in [-0.39, 0.29) is 42.8 Å². The summed E-state index contributed by atoms with van der Waals surface area (Å²) in [5.74, 6) is -0.128. The van der Waals surface area contributed by atoms with E-state index in [0.29, 0.717) is 24.3 Å². The van der Waals surface area contributed by atoms with Gasteiger partial charge in [-0.25, -0.2) is 12.7 Å². The third-order valence-electron chi connectivity index (χ3n) is 6.06. The summed E-state index contributed by atoms with van der Waals surface area (Å²) in [4.78, 5) is 29.5. The Kier molecular flexibility index (Phi) is 5.76. The number of sulfonamides is 1. The van der Waals surface area contributed by atoms with E-state index in [2.05, 4.69) is 5.16 Å². The van der Waals surface area contributed by atoms with Gasteiger partial charge in [0.15, 0.2) is 5.69 Å². The van der Waals surface area contributed by atoms with Gasteiger partial charge in [0.1, 0.15) is 5.76 Å². The summed E-state index contributed by atoms with van der Waals surface area (Å²) in [6.45, 7) is 2.36. The van der Waals surface area contributed by atoms with Crippen LogP contribution in [0.25, 0.3) is 0 Å². The highest BCUT2D eigenvalue weighted by Gasteiger charge is 2.57. The molecule has 2 atom stereocenters. The molecule has 1 aromatic rings. The van der Waals surface area contributed by atoms with Crippen LogP contribution in [-0.4, -0.2) is 92.6 Å². The van der Waals surface area contributed by atoms with Crippen LogP contribution in [0.4, 0.5) is 0 Å². The van der Waals surface area contributed by atoms with E-state index in [1.807, 2.05) is 0 Å². The molecule has 0 spiro atoms. The number of piperidine rings is 1. The number of carbonyl (C=O) groups excluding carboxylic acids is 2. The second kappa shape index (κ2) is 7.69. The predicted molar refractivity (Wildman–Crippen MR) is 104 cm³/mol. The molecule has 3 rings (SSSR count). The molecule has 0 unspecified atom stereocenters. The van der Waals surface area contributed by atoms with Crippen LogP contribution in [0.15, 0.2) is 4.52 Å². The summed E-state index contributed by atoms with van der Waals surface area (Å²) in [5, 5.41) is 3.91. The molecule has 0 N–H and O–H groups in total. The fraction of sp³-hybridized carbons (Fsp3) is 0.722. The Morgan fingerprint density at radius 3 is 2.69 bits per heavy atom. The van der Waals surface area contributed by atoms with Crippen LogP contribution in [0, 0.1) is 12.3 Å². The molecule has 0 saturated carbocycles. The molecule has 0 bridgehead atoms. The zero-order valence-corrected chi connectivity index (χ0v) is 18.3. The Balaban J connectivity index is 1.96. The molecule has 0 aliphatic carbocycles. The van der Waals surface area contributed by atoms with Crippen molar-refractivity contribution < 1.29 is 27.3 Å². The van der Waals surface area contributed by atoms with Crippen molar-refractivity contribution in [3.8, 4) is 0 Å². The van der Waals surface area contributed by atoms with Gasteiger partial charge in [-0.3, -0.25) is 9.59 Å². The first-order chi connectivity index (χ1) is 13.5. The summed E-state index contributed by atoms with van der Waals surface area (Å²) >= 11 is 0. The third kappa shape index (κ3) is 3.55. The van der Waals surface area contributed by atoms with Crippen molar-refractivity contribution >= 4 is 21.8 Å². The average molecular weight is 429 g/mol. The monoisotopic (exact) mass is 428 g/mol. The maximum Gasteiger partial charge on any atom is 0.276 e. The van der Waals surface area contributed by atoms with Crippen LogP contribution in [0.1, 0.15) is 34.7 Å². The summed E-state index contributed by atoms with van der Waals surface area (Å²) in [6.07, 6.45) is 0.547. The predicted octanol–water partition coefficient (Wildman–Crippen LogP) is 0.0838. The minimum absolute atomic E-state index is 0.125. The molecule has 162 valence electrons. The fourth-order valence-electron chi connectivity index (χ4n) is 4.46. The minimum atomic E-state index is -3.41. The van der Waals surface area contributed by atoms with E-state index in [9.17, 15) is 18.0 Å². The van der Waals surface area contributed by atoms with E-state index in [1.54, 1.807) is 25.9 Å². The standard InChI is InChI=1S/C18H28N4O6S/c1-12-13(10-27-5)15(19-28-12)16(23)22-8-6-14-18(11-22,17(24)20(2)3)7-9-29(25,26)21(14)4/h14H,6-11H2,1-5H3/t14-,18+/m1/s1. The van der Waals surface area contributed by atoms with Crippen LogP contribution in [0.5, 0.6) is 0 Å². The van der Waals surface area contributed by atoms with E-state index in [0.717, 1.165) is 0 Å². The van der Waals surface area contributed by atoms with Crippen LogP contribution in [0.2, 0.25) is 0 Å². The first-order valence-corrected chi connectivity index (χ1v) is 11.1. The number of hydrogen-bond donors (Lipinski definition) is 0. The highest BCUT2D eigenvalue weighted by Crippen LogP contribution is 2.43. The normalized spacial score (nSPS) is 26.8. The molecule has 2 amide bonds. The summed E-state index contributed by atoms with van der Waals surface area (Å²) < 4.78 is 36.5. The van der Waals surface area contributed by atoms with Crippen molar-refractivity contribution in [1.29, 1.82) is 0 Å². The lowest BCUT2D eigenvalue weighted by Crippen LogP contribution is -2.67. The number of rotatable bonds is 4. The van der Waals surface area contributed by atoms with Gasteiger partial charge in [-0.1, -0.05) is 5.16 Å². The molecule has 2 saturated heterocycles. The summed E-state index contributed by atoms with van der Waals surface area (Å²) in [6, 6.07) is -0.488. The highest BCUT2D eigenvalue weighted by atomic mass is 32.2. The van der Waals surface area contributed by atoms with Gasteiger partial charge < -0.3 is 19.1 Å². The molecule has 3 heterocycles. The second-order valence-corrected chi connectivity index (χ2v) is 10.1. The van der Waals surface area contributed by atoms with Crippen molar-refractivity contribution in [1.82, 2.24) is 19.3 Å². The first-order valence-electron chi connectivity index (χ1n) is 9.46. The van der Waals surface area contributed by atoms with Gasteiger partial charge in [-0.2, -0.15) is 0 Å². The number of methoxy groups -OCH3 is 1. The van der Waals surface area contributed by atoms with E-state index < -0.39 is 21.5 Å². The van der Waals surface area contributed by atoms with Crippen molar-refractivity contribution in [2.75, 3.05) is 47.1 Å². The summed E-state index contributed by atoms with van der Waals surface area (Å²) in [5.41, 5.74) is -0.236. The largest absolute Gasteiger partial charge is 0.380 e. The van der Waals surface area contributed by atoms with Gasteiger partial charge in [0.05, 0.1) is 23.3 Å². The number of amides is 2. The minimum Gasteiger partial charge on any atom is -0.380 e. The number of likely N-dealkylation sites (tertiary alicyclic amines) is 1. The SMILES string of the molecule is COCc1c(C(=O)N2CC[C@H]3N(C)S(=O)(=O)CC[C@]3(C(=O)N(C)C)C2)noc1C. The molecule has 0 radical (unpaired) electrons. The third-order valence-corrected chi connectivity index (χ3v) is 7.91. The quantitative estimate of drug-likeness (QED) is 0.667. The maximum atomic E-state index is 13.2. The molecule has 2 aliphatic rings. The number of carbonyl (C=O) groups is 2. The molecule has 1 aromatic heterocycles. The first kappa shape index (κ1) is 21.7. The number of nitrogens with zero attached hydrogens (tertiary/aromatic N) is 4. The van der Waals surface area contributed by atoms with Gasteiger partial charge >= 0.3 is 0 Å². The average Bonchev–Trinajstić information content (AvgIpc) is 3.04. The van der Waals surface area contributed by atoms with Gasteiger partial charge in [-0.05, 0) is 19.8 Å². The van der Waals surface area contributed by atoms with Crippen LogP contribution in [0.3, 0.4) is 0 Å². The van der Waals surface area contributed by atoms with Crippen LogP contribution in [-0.2, 0) is 26.2 Å². The zero-order chi connectivity index (χ0) is 21.6. The van der Waals surface area contributed by atoms with E-state index in [4.69, 9.17) is 9.26 Å². The highest BCUT2D eigenvalue weighted by molar-refractivity contribution is 7.89. The van der Waals surface area contributed by atoms with Crippen molar-refractivity contribution in [2.45, 2.75) is 32.4 Å². The summed E-state index contributed by atoms with van der Waals surface area (Å²) in [7, 11) is 2.93. The van der Waals surface area contributed by atoms with Crippen LogP contribution >= 0.6 is 0 Å². The van der Waals surface area contributed by atoms with Crippen molar-refractivity contribution in [2.24, 2.45) is 5.41 Å². The molecule has 10 nitrogen and oxygen atoms in total.